The van der Waals surface area contributed by atoms with Crippen LogP contribution in [0.4, 0.5) is 4.79 Å². The Labute approximate surface area is 156 Å². The molecule has 0 spiro atoms. The predicted octanol–water partition coefficient (Wildman–Crippen LogP) is 2.90. The summed E-state index contributed by atoms with van der Waals surface area (Å²) in [6, 6.07) is 7.71. The Balaban J connectivity index is 1.88. The van der Waals surface area contributed by atoms with Gasteiger partial charge in [-0.3, -0.25) is 4.79 Å². The maximum Gasteiger partial charge on any atom is 0.407 e. The van der Waals surface area contributed by atoms with E-state index in [4.69, 9.17) is 4.74 Å². The second-order valence-corrected chi connectivity index (χ2v) is 7.26. The smallest absolute Gasteiger partial charge is 0.407 e. The Bertz CT molecular complexity index is 593. The van der Waals surface area contributed by atoms with Crippen LogP contribution in [0.25, 0.3) is 0 Å². The molecule has 1 heterocycles. The van der Waals surface area contributed by atoms with Crippen LogP contribution in [-0.2, 0) is 16.0 Å². The van der Waals surface area contributed by atoms with Gasteiger partial charge in [0.15, 0.2) is 0 Å². The van der Waals surface area contributed by atoms with Gasteiger partial charge in [-0.2, -0.15) is 0 Å². The molecular formula is C18H25BrN2O4. The second kappa shape index (κ2) is 9.20. The minimum Gasteiger partial charge on any atom is -0.465 e. The molecule has 1 saturated heterocycles. The molecule has 2 rings (SSSR count). The summed E-state index contributed by atoms with van der Waals surface area (Å²) in [5.74, 6) is -0.527. The molecule has 138 valence electrons. The van der Waals surface area contributed by atoms with Gasteiger partial charge in [-0.1, -0.05) is 35.0 Å². The summed E-state index contributed by atoms with van der Waals surface area (Å²) in [5, 5.41) is 12.2. The van der Waals surface area contributed by atoms with Crippen molar-refractivity contribution < 1.29 is 19.4 Å². The highest BCUT2D eigenvalue weighted by atomic mass is 79.9. The fourth-order valence-corrected chi connectivity index (χ4v) is 3.62. The molecule has 6 nitrogen and oxygen atoms in total. The normalized spacial score (nSPS) is 19.5. The van der Waals surface area contributed by atoms with Crippen molar-refractivity contribution >= 4 is 27.9 Å². The fraction of sp³-hybridized carbons (Fsp3) is 0.556. The van der Waals surface area contributed by atoms with Crippen molar-refractivity contribution in [2.45, 2.75) is 38.3 Å². The van der Waals surface area contributed by atoms with Crippen molar-refractivity contribution in [3.63, 3.8) is 0 Å². The molecule has 2 amide bonds. The molecule has 1 aromatic rings. The van der Waals surface area contributed by atoms with Gasteiger partial charge in [0, 0.05) is 24.7 Å². The first-order valence-corrected chi connectivity index (χ1v) is 9.28. The fourth-order valence-electron chi connectivity index (χ4n) is 3.36. The zero-order valence-electron chi connectivity index (χ0n) is 14.6. The van der Waals surface area contributed by atoms with Crippen LogP contribution in [0.3, 0.4) is 0 Å². The van der Waals surface area contributed by atoms with Crippen LogP contribution in [0.15, 0.2) is 28.7 Å². The minimum absolute atomic E-state index is 0.110. The number of carbonyl (C=O) groups is 2. The van der Waals surface area contributed by atoms with Gasteiger partial charge in [-0.05, 0) is 37.0 Å². The number of carbonyl (C=O) groups excluding carboxylic acids is 1. The van der Waals surface area contributed by atoms with Crippen LogP contribution in [-0.4, -0.2) is 54.4 Å². The molecule has 0 aliphatic carbocycles. The first-order chi connectivity index (χ1) is 11.9. The summed E-state index contributed by atoms with van der Waals surface area (Å²) in [7, 11) is 1.54. The summed E-state index contributed by atoms with van der Waals surface area (Å²) in [4.78, 5) is 25.2. The zero-order valence-corrected chi connectivity index (χ0v) is 16.2. The van der Waals surface area contributed by atoms with Crippen LogP contribution < -0.4 is 5.32 Å². The Hall–Kier alpha value is -1.60. The lowest BCUT2D eigenvalue weighted by atomic mass is 9.95. The third-order valence-corrected chi connectivity index (χ3v) is 5.26. The lowest BCUT2D eigenvalue weighted by molar-refractivity contribution is -0.130. The topological polar surface area (TPSA) is 78.9 Å². The van der Waals surface area contributed by atoms with E-state index < -0.39 is 18.1 Å². The number of carboxylic acid groups (broad SMARTS) is 1. The Morgan fingerprint density at radius 1 is 1.40 bits per heavy atom. The van der Waals surface area contributed by atoms with Crippen LogP contribution >= 0.6 is 15.9 Å². The van der Waals surface area contributed by atoms with Gasteiger partial charge in [0.25, 0.3) is 0 Å². The lowest BCUT2D eigenvalue weighted by Gasteiger charge is -2.32. The first-order valence-electron chi connectivity index (χ1n) is 8.48. The molecule has 3 atom stereocenters. The van der Waals surface area contributed by atoms with Gasteiger partial charge in [0.05, 0.1) is 18.1 Å². The van der Waals surface area contributed by atoms with Gasteiger partial charge in [-0.15, -0.1) is 0 Å². The number of likely N-dealkylation sites (tertiary alicyclic amines) is 1. The monoisotopic (exact) mass is 412 g/mol. The van der Waals surface area contributed by atoms with E-state index in [1.165, 1.54) is 12.0 Å². The highest BCUT2D eigenvalue weighted by molar-refractivity contribution is 9.10. The van der Waals surface area contributed by atoms with Crippen molar-refractivity contribution in [2.75, 3.05) is 20.2 Å². The lowest BCUT2D eigenvalue weighted by Crippen LogP contribution is -2.49. The first kappa shape index (κ1) is 19.7. The molecule has 0 saturated carbocycles. The highest BCUT2D eigenvalue weighted by Crippen LogP contribution is 2.26. The standard InChI is InChI=1S/C18H25BrN2O4/c1-12(16(25-2)15-4-3-11-21(15)18(23)24)17(22)20-10-9-13-5-7-14(19)8-6-13/h5-8,12,15-16H,3-4,9-11H2,1-2H3,(H,20,22)(H,23,24)/t12?,15-,16+/m0/s1. The van der Waals surface area contributed by atoms with Crippen LogP contribution in [0.2, 0.25) is 0 Å². The largest absolute Gasteiger partial charge is 0.465 e. The third kappa shape index (κ3) is 5.19. The zero-order chi connectivity index (χ0) is 18.4. The highest BCUT2D eigenvalue weighted by Gasteiger charge is 2.39. The molecule has 1 aliphatic heterocycles. The van der Waals surface area contributed by atoms with Gasteiger partial charge < -0.3 is 20.1 Å². The van der Waals surface area contributed by atoms with Crippen LogP contribution in [0.5, 0.6) is 0 Å². The van der Waals surface area contributed by atoms with Crippen molar-refractivity contribution in [3.05, 3.63) is 34.3 Å². The molecule has 25 heavy (non-hydrogen) atoms. The number of nitrogens with one attached hydrogen (secondary N) is 1. The SMILES string of the molecule is CO[C@H](C(C)C(=O)NCCc1ccc(Br)cc1)[C@@H]1CCCN1C(=O)O. The molecule has 1 aliphatic rings. The average molecular weight is 413 g/mol. The number of amides is 2. The molecule has 0 radical (unpaired) electrons. The summed E-state index contributed by atoms with van der Waals surface area (Å²) < 4.78 is 6.53. The van der Waals surface area contributed by atoms with Crippen LogP contribution in [0, 0.1) is 5.92 Å². The number of methoxy groups -OCH3 is 1. The molecular weight excluding hydrogens is 388 g/mol. The quantitative estimate of drug-likeness (QED) is 0.721. The van der Waals surface area contributed by atoms with Gasteiger partial charge in [0.2, 0.25) is 5.91 Å². The van der Waals surface area contributed by atoms with E-state index in [0.29, 0.717) is 13.1 Å². The number of hydrogen-bond donors (Lipinski definition) is 2. The van der Waals surface area contributed by atoms with Gasteiger partial charge in [0.1, 0.15) is 0 Å². The van der Waals surface area contributed by atoms with E-state index in [0.717, 1.165) is 29.3 Å². The molecule has 1 aromatic carbocycles. The van der Waals surface area contributed by atoms with Gasteiger partial charge in [-0.25, -0.2) is 4.79 Å². The number of halogens is 1. The van der Waals surface area contributed by atoms with Crippen molar-refractivity contribution in [3.8, 4) is 0 Å². The van der Waals surface area contributed by atoms with Gasteiger partial charge >= 0.3 is 6.09 Å². The minimum atomic E-state index is -0.951. The number of benzene rings is 1. The van der Waals surface area contributed by atoms with Crippen molar-refractivity contribution in [1.82, 2.24) is 10.2 Å². The van der Waals surface area contributed by atoms with E-state index in [9.17, 15) is 14.7 Å². The second-order valence-electron chi connectivity index (χ2n) is 6.34. The van der Waals surface area contributed by atoms with E-state index >= 15 is 0 Å². The number of rotatable bonds is 7. The summed E-state index contributed by atoms with van der Waals surface area (Å²) in [5.41, 5.74) is 1.15. The molecule has 1 fully saturated rings. The van der Waals surface area contributed by atoms with E-state index in [2.05, 4.69) is 21.2 Å². The molecule has 1 unspecified atom stereocenters. The van der Waals surface area contributed by atoms with E-state index in [-0.39, 0.29) is 11.9 Å². The van der Waals surface area contributed by atoms with Crippen molar-refractivity contribution in [2.24, 2.45) is 5.92 Å². The summed E-state index contributed by atoms with van der Waals surface area (Å²) in [6.45, 7) is 2.83. The Kier molecular flexibility index (Phi) is 7.25. The van der Waals surface area contributed by atoms with E-state index in [1.807, 2.05) is 24.3 Å². The van der Waals surface area contributed by atoms with Crippen LogP contribution in [0.1, 0.15) is 25.3 Å². The number of hydrogen-bond acceptors (Lipinski definition) is 3. The maximum atomic E-state index is 12.5. The number of nitrogens with zero attached hydrogens (tertiary/aromatic N) is 1. The average Bonchev–Trinajstić information content (AvgIpc) is 3.07. The summed E-state index contributed by atoms with van der Waals surface area (Å²) >= 11 is 3.40. The third-order valence-electron chi connectivity index (χ3n) is 4.73. The molecule has 0 bridgehead atoms. The predicted molar refractivity (Wildman–Crippen MR) is 98.6 cm³/mol. The molecule has 2 N–H and O–H groups in total. The maximum absolute atomic E-state index is 12.5. The molecule has 7 heteroatoms. The Morgan fingerprint density at radius 2 is 2.08 bits per heavy atom. The van der Waals surface area contributed by atoms with Crippen molar-refractivity contribution in [1.29, 1.82) is 0 Å². The van der Waals surface area contributed by atoms with E-state index in [1.54, 1.807) is 6.92 Å². The summed E-state index contributed by atoms with van der Waals surface area (Å²) in [6.07, 6.45) is 0.878. The Morgan fingerprint density at radius 3 is 2.68 bits per heavy atom. The molecule has 0 aromatic heterocycles. The number of ether oxygens (including phenoxy) is 1.